The van der Waals surface area contributed by atoms with Gasteiger partial charge in [-0.1, -0.05) is 17.8 Å². The molecule has 3 heterocycles. The Hall–Kier alpha value is -2.15. The van der Waals surface area contributed by atoms with E-state index in [1.807, 2.05) is 19.1 Å². The SMILES string of the molecule is Cc1cccc(NC(=O)[C@H]2CSc3ncc(C)c(=O)n3C2)n1. The maximum atomic E-state index is 12.4. The summed E-state index contributed by atoms with van der Waals surface area (Å²) in [6.07, 6.45) is 1.58. The van der Waals surface area contributed by atoms with Gasteiger partial charge >= 0.3 is 0 Å². The number of thioether (sulfide) groups is 1. The van der Waals surface area contributed by atoms with Gasteiger partial charge in [0.25, 0.3) is 5.56 Å². The number of rotatable bonds is 2. The molecule has 0 unspecified atom stereocenters. The smallest absolute Gasteiger partial charge is 0.257 e. The maximum absolute atomic E-state index is 12.4. The van der Waals surface area contributed by atoms with Crippen molar-refractivity contribution in [1.29, 1.82) is 0 Å². The number of fused-ring (bicyclic) bond motifs is 1. The van der Waals surface area contributed by atoms with Crippen LogP contribution in [0.2, 0.25) is 0 Å². The largest absolute Gasteiger partial charge is 0.310 e. The standard InChI is InChI=1S/C15H16N4O2S/c1-9-6-16-15-19(14(9)21)7-11(8-22-15)13(20)18-12-5-3-4-10(2)17-12/h3-6,11H,7-8H2,1-2H3,(H,17,18,20)/t11-/m1/s1. The second-order valence-corrected chi connectivity index (χ2v) is 6.29. The van der Waals surface area contributed by atoms with Gasteiger partial charge in [0.05, 0.1) is 5.92 Å². The maximum Gasteiger partial charge on any atom is 0.257 e. The molecular weight excluding hydrogens is 300 g/mol. The number of nitrogens with one attached hydrogen (secondary N) is 1. The normalized spacial score (nSPS) is 16.9. The van der Waals surface area contributed by atoms with E-state index in [1.54, 1.807) is 23.8 Å². The number of pyridine rings is 1. The number of carbonyl (C=O) groups excluding carboxylic acids is 1. The van der Waals surface area contributed by atoms with E-state index in [4.69, 9.17) is 0 Å². The third-order valence-electron chi connectivity index (χ3n) is 3.51. The van der Waals surface area contributed by atoms with Crippen LogP contribution in [-0.4, -0.2) is 26.2 Å². The van der Waals surface area contributed by atoms with E-state index < -0.39 is 0 Å². The molecule has 1 atom stereocenters. The first-order chi connectivity index (χ1) is 10.5. The molecule has 2 aromatic heterocycles. The molecule has 1 N–H and O–H groups in total. The van der Waals surface area contributed by atoms with Crippen LogP contribution in [0, 0.1) is 19.8 Å². The van der Waals surface area contributed by atoms with Crippen molar-refractivity contribution in [2.24, 2.45) is 5.92 Å². The summed E-state index contributed by atoms with van der Waals surface area (Å²) >= 11 is 1.43. The summed E-state index contributed by atoms with van der Waals surface area (Å²) in [4.78, 5) is 33.0. The fourth-order valence-electron chi connectivity index (χ4n) is 2.30. The molecule has 22 heavy (non-hydrogen) atoms. The zero-order valence-corrected chi connectivity index (χ0v) is 13.2. The quantitative estimate of drug-likeness (QED) is 0.852. The number of aromatic nitrogens is 3. The number of carbonyl (C=O) groups is 1. The minimum atomic E-state index is -0.277. The number of hydrogen-bond acceptors (Lipinski definition) is 5. The third kappa shape index (κ3) is 2.89. The highest BCUT2D eigenvalue weighted by Gasteiger charge is 2.27. The number of anilines is 1. The van der Waals surface area contributed by atoms with Crippen molar-refractivity contribution in [3.63, 3.8) is 0 Å². The second-order valence-electron chi connectivity index (χ2n) is 5.30. The lowest BCUT2D eigenvalue weighted by Crippen LogP contribution is -2.37. The van der Waals surface area contributed by atoms with Gasteiger partial charge in [-0.15, -0.1) is 0 Å². The van der Waals surface area contributed by atoms with E-state index in [0.717, 1.165) is 5.69 Å². The highest BCUT2D eigenvalue weighted by Crippen LogP contribution is 2.25. The van der Waals surface area contributed by atoms with E-state index in [2.05, 4.69) is 15.3 Å². The second kappa shape index (κ2) is 5.92. The van der Waals surface area contributed by atoms with Crippen molar-refractivity contribution in [2.75, 3.05) is 11.1 Å². The average Bonchev–Trinajstić information content (AvgIpc) is 2.51. The van der Waals surface area contributed by atoms with Crippen LogP contribution >= 0.6 is 11.8 Å². The molecule has 2 aromatic rings. The molecule has 1 aliphatic rings. The first-order valence-electron chi connectivity index (χ1n) is 6.98. The average molecular weight is 316 g/mol. The van der Waals surface area contributed by atoms with Crippen LogP contribution in [-0.2, 0) is 11.3 Å². The van der Waals surface area contributed by atoms with Crippen molar-refractivity contribution in [1.82, 2.24) is 14.5 Å². The molecule has 0 saturated heterocycles. The monoisotopic (exact) mass is 316 g/mol. The predicted molar refractivity (Wildman–Crippen MR) is 85.1 cm³/mol. The summed E-state index contributed by atoms with van der Waals surface area (Å²) in [5.74, 6) is 0.744. The minimum absolute atomic E-state index is 0.0799. The van der Waals surface area contributed by atoms with Crippen LogP contribution in [0.3, 0.4) is 0 Å². The van der Waals surface area contributed by atoms with Crippen LogP contribution in [0.15, 0.2) is 34.3 Å². The fraction of sp³-hybridized carbons (Fsp3) is 0.333. The van der Waals surface area contributed by atoms with Crippen molar-refractivity contribution in [3.8, 4) is 0 Å². The number of hydrogen-bond donors (Lipinski definition) is 1. The van der Waals surface area contributed by atoms with Crippen molar-refractivity contribution < 1.29 is 4.79 Å². The number of amides is 1. The molecule has 6 nitrogen and oxygen atoms in total. The van der Waals surface area contributed by atoms with Gasteiger partial charge in [0.2, 0.25) is 5.91 Å². The van der Waals surface area contributed by atoms with Crippen molar-refractivity contribution in [2.45, 2.75) is 25.5 Å². The third-order valence-corrected chi connectivity index (χ3v) is 4.66. The van der Waals surface area contributed by atoms with Crippen LogP contribution in [0.25, 0.3) is 0 Å². The highest BCUT2D eigenvalue weighted by molar-refractivity contribution is 7.99. The summed E-state index contributed by atoms with van der Waals surface area (Å²) in [5, 5.41) is 3.49. The highest BCUT2D eigenvalue weighted by atomic mass is 32.2. The van der Waals surface area contributed by atoms with Gasteiger partial charge < -0.3 is 5.32 Å². The Morgan fingerprint density at radius 2 is 2.23 bits per heavy atom. The minimum Gasteiger partial charge on any atom is -0.310 e. The fourth-order valence-corrected chi connectivity index (χ4v) is 3.35. The molecule has 0 aliphatic carbocycles. The molecule has 0 aromatic carbocycles. The number of aryl methyl sites for hydroxylation is 2. The molecule has 3 rings (SSSR count). The Labute approximate surface area is 132 Å². The van der Waals surface area contributed by atoms with Crippen LogP contribution in [0.5, 0.6) is 0 Å². The summed E-state index contributed by atoms with van der Waals surface area (Å²) < 4.78 is 1.58. The molecule has 0 fully saturated rings. The molecular formula is C15H16N4O2S. The first-order valence-corrected chi connectivity index (χ1v) is 7.97. The molecule has 0 spiro atoms. The Balaban J connectivity index is 1.78. The molecule has 0 bridgehead atoms. The zero-order chi connectivity index (χ0) is 15.7. The Morgan fingerprint density at radius 1 is 1.41 bits per heavy atom. The van der Waals surface area contributed by atoms with E-state index >= 15 is 0 Å². The summed E-state index contributed by atoms with van der Waals surface area (Å²) in [6, 6.07) is 5.48. The first kappa shape index (κ1) is 14.8. The van der Waals surface area contributed by atoms with Crippen LogP contribution in [0.4, 0.5) is 5.82 Å². The van der Waals surface area contributed by atoms with Crippen molar-refractivity contribution >= 4 is 23.5 Å². The van der Waals surface area contributed by atoms with E-state index in [1.165, 1.54) is 11.8 Å². The lowest BCUT2D eigenvalue weighted by molar-refractivity contribution is -0.119. The van der Waals surface area contributed by atoms with Gasteiger partial charge in [-0.05, 0) is 26.0 Å². The molecule has 0 radical (unpaired) electrons. The topological polar surface area (TPSA) is 76.9 Å². The van der Waals surface area contributed by atoms with Gasteiger partial charge in [-0.25, -0.2) is 9.97 Å². The van der Waals surface area contributed by atoms with Crippen LogP contribution < -0.4 is 10.9 Å². The summed E-state index contributed by atoms with van der Waals surface area (Å²) in [7, 11) is 0. The predicted octanol–water partition coefficient (Wildman–Crippen LogP) is 1.62. The summed E-state index contributed by atoms with van der Waals surface area (Å²) in [6.45, 7) is 3.96. The number of nitrogens with zero attached hydrogens (tertiary/aromatic N) is 3. The van der Waals surface area contributed by atoms with Gasteiger partial charge in [-0.2, -0.15) is 0 Å². The molecule has 1 aliphatic heterocycles. The lowest BCUT2D eigenvalue weighted by atomic mass is 10.1. The van der Waals surface area contributed by atoms with E-state index in [0.29, 0.717) is 28.8 Å². The Kier molecular flexibility index (Phi) is 3.98. The van der Waals surface area contributed by atoms with E-state index in [-0.39, 0.29) is 17.4 Å². The lowest BCUT2D eigenvalue weighted by Gasteiger charge is -2.24. The zero-order valence-electron chi connectivity index (χ0n) is 12.4. The molecule has 1 amide bonds. The van der Waals surface area contributed by atoms with Gasteiger partial charge in [-0.3, -0.25) is 14.2 Å². The van der Waals surface area contributed by atoms with Gasteiger partial charge in [0.1, 0.15) is 5.82 Å². The summed E-state index contributed by atoms with van der Waals surface area (Å²) in [5.41, 5.74) is 1.35. The molecule has 114 valence electrons. The van der Waals surface area contributed by atoms with E-state index in [9.17, 15) is 9.59 Å². The van der Waals surface area contributed by atoms with Gasteiger partial charge in [0.15, 0.2) is 5.16 Å². The Morgan fingerprint density at radius 3 is 3.00 bits per heavy atom. The van der Waals surface area contributed by atoms with Crippen molar-refractivity contribution in [3.05, 3.63) is 46.0 Å². The Bertz CT molecular complexity index is 787. The molecule has 0 saturated carbocycles. The molecule has 7 heteroatoms. The van der Waals surface area contributed by atoms with Crippen LogP contribution in [0.1, 0.15) is 11.3 Å². The van der Waals surface area contributed by atoms with Gasteiger partial charge in [0, 0.05) is 29.8 Å².